The van der Waals surface area contributed by atoms with E-state index in [0.29, 0.717) is 17.3 Å². The number of aryl methyl sites for hydroxylation is 1. The molecule has 2 aromatic carbocycles. The zero-order chi connectivity index (χ0) is 20.8. The van der Waals surface area contributed by atoms with Crippen LogP contribution in [0.5, 0.6) is 0 Å². The maximum Gasteiger partial charge on any atom is 0.234 e. The van der Waals surface area contributed by atoms with E-state index < -0.39 is 0 Å². The molecule has 0 radical (unpaired) electrons. The van der Waals surface area contributed by atoms with Crippen molar-refractivity contribution in [3.63, 3.8) is 0 Å². The van der Waals surface area contributed by atoms with Gasteiger partial charge in [-0.15, -0.1) is 11.8 Å². The Bertz CT molecular complexity index is 1020. The Morgan fingerprint density at radius 1 is 1.17 bits per heavy atom. The molecule has 1 heterocycles. The van der Waals surface area contributed by atoms with Crippen molar-refractivity contribution < 1.29 is 9.18 Å². The van der Waals surface area contributed by atoms with Gasteiger partial charge in [0.25, 0.3) is 0 Å². The van der Waals surface area contributed by atoms with Gasteiger partial charge in [0.05, 0.1) is 17.2 Å². The predicted molar refractivity (Wildman–Crippen MR) is 118 cm³/mol. The van der Waals surface area contributed by atoms with Crippen LogP contribution in [0.25, 0.3) is 0 Å². The summed E-state index contributed by atoms with van der Waals surface area (Å²) >= 11 is 4.79. The number of carbonyl (C=O) groups is 1. The lowest BCUT2D eigenvalue weighted by molar-refractivity contribution is -0.113. The first-order valence-corrected chi connectivity index (χ1v) is 10.5. The number of nitrogens with zero attached hydrogens (tertiary/aromatic N) is 3. The quantitative estimate of drug-likeness (QED) is 0.467. The lowest BCUT2D eigenvalue weighted by Gasteiger charge is -2.09. The molecule has 0 saturated carbocycles. The van der Waals surface area contributed by atoms with Crippen LogP contribution >= 0.6 is 27.7 Å². The predicted octanol–water partition coefficient (Wildman–Crippen LogP) is 4.28. The van der Waals surface area contributed by atoms with Crippen molar-refractivity contribution in [3.05, 3.63) is 64.1 Å². The van der Waals surface area contributed by atoms with Gasteiger partial charge in [-0.3, -0.25) is 4.79 Å². The number of rotatable bonds is 7. The Balaban J connectivity index is 1.55. The number of nitrogens with one attached hydrogen (secondary N) is 2. The van der Waals surface area contributed by atoms with Crippen LogP contribution in [-0.2, 0) is 10.5 Å². The van der Waals surface area contributed by atoms with Crippen LogP contribution in [0.15, 0.2) is 46.9 Å². The highest BCUT2D eigenvalue weighted by Gasteiger charge is 2.09. The Morgan fingerprint density at radius 3 is 2.66 bits per heavy atom. The lowest BCUT2D eigenvalue weighted by Crippen LogP contribution is -2.15. The number of benzene rings is 2. The summed E-state index contributed by atoms with van der Waals surface area (Å²) in [6, 6.07) is 11.5. The first kappa shape index (κ1) is 21.0. The van der Waals surface area contributed by atoms with Gasteiger partial charge in [-0.05, 0) is 64.8 Å². The molecule has 1 aromatic heterocycles. The largest absolute Gasteiger partial charge is 0.368 e. The molecule has 0 unspecified atom stereocenters. The number of halogens is 2. The van der Waals surface area contributed by atoms with Crippen LogP contribution in [0.4, 0.5) is 27.7 Å². The molecule has 10 heteroatoms. The van der Waals surface area contributed by atoms with Crippen molar-refractivity contribution in [2.24, 2.45) is 0 Å². The summed E-state index contributed by atoms with van der Waals surface area (Å²) in [5.74, 6) is 0.905. The van der Waals surface area contributed by atoms with E-state index in [2.05, 4.69) is 41.5 Å². The minimum atomic E-state index is -0.334. The van der Waals surface area contributed by atoms with E-state index in [4.69, 9.17) is 5.73 Å². The van der Waals surface area contributed by atoms with E-state index in [-0.39, 0.29) is 29.4 Å². The van der Waals surface area contributed by atoms with Gasteiger partial charge in [-0.2, -0.15) is 15.0 Å². The summed E-state index contributed by atoms with van der Waals surface area (Å²) in [4.78, 5) is 24.6. The Labute approximate surface area is 179 Å². The smallest absolute Gasteiger partial charge is 0.234 e. The van der Waals surface area contributed by atoms with E-state index >= 15 is 0 Å². The monoisotopic (exact) mass is 476 g/mol. The average Bonchev–Trinajstić information content (AvgIpc) is 2.65. The van der Waals surface area contributed by atoms with E-state index in [1.165, 1.54) is 23.9 Å². The molecular formula is C19H18BrFN6OS. The van der Waals surface area contributed by atoms with Gasteiger partial charge in [-0.25, -0.2) is 4.39 Å². The minimum Gasteiger partial charge on any atom is -0.368 e. The van der Waals surface area contributed by atoms with Crippen LogP contribution in [0, 0.1) is 12.7 Å². The van der Waals surface area contributed by atoms with Crippen molar-refractivity contribution in [2.75, 3.05) is 22.1 Å². The molecule has 0 bridgehead atoms. The number of aromatic nitrogens is 3. The SMILES string of the molecule is Cc1ccc(NC(=O)CSCc2nc(N)nc(Nc3ccc(F)cc3)n2)c(Br)c1. The molecule has 1 amide bonds. The van der Waals surface area contributed by atoms with E-state index in [0.717, 1.165) is 15.7 Å². The molecule has 0 fully saturated rings. The van der Waals surface area contributed by atoms with E-state index in [9.17, 15) is 9.18 Å². The van der Waals surface area contributed by atoms with Crippen molar-refractivity contribution in [1.29, 1.82) is 0 Å². The van der Waals surface area contributed by atoms with E-state index in [1.54, 1.807) is 12.1 Å². The number of hydrogen-bond donors (Lipinski definition) is 3. The number of anilines is 4. The van der Waals surface area contributed by atoms with Gasteiger partial charge in [0.1, 0.15) is 11.6 Å². The summed E-state index contributed by atoms with van der Waals surface area (Å²) in [5, 5.41) is 5.81. The van der Waals surface area contributed by atoms with Crippen molar-refractivity contribution >= 4 is 56.9 Å². The lowest BCUT2D eigenvalue weighted by atomic mass is 10.2. The molecule has 7 nitrogen and oxygen atoms in total. The van der Waals surface area contributed by atoms with Gasteiger partial charge < -0.3 is 16.4 Å². The van der Waals surface area contributed by atoms with Crippen LogP contribution in [0.2, 0.25) is 0 Å². The molecule has 0 aliphatic rings. The summed E-state index contributed by atoms with van der Waals surface area (Å²) in [6.07, 6.45) is 0. The zero-order valence-electron chi connectivity index (χ0n) is 15.4. The molecule has 3 aromatic rings. The molecule has 3 rings (SSSR count). The molecule has 29 heavy (non-hydrogen) atoms. The van der Waals surface area contributed by atoms with Gasteiger partial charge in [0.15, 0.2) is 0 Å². The molecule has 150 valence electrons. The Morgan fingerprint density at radius 2 is 1.93 bits per heavy atom. The van der Waals surface area contributed by atoms with Gasteiger partial charge in [0, 0.05) is 10.2 Å². The molecule has 0 atom stereocenters. The fourth-order valence-electron chi connectivity index (χ4n) is 2.36. The van der Waals surface area contributed by atoms with Gasteiger partial charge >= 0.3 is 0 Å². The average molecular weight is 477 g/mol. The standard InChI is InChI=1S/C19H18BrFN6OS/c1-11-2-7-15(14(20)8-11)24-17(28)10-29-9-16-25-18(22)27-19(26-16)23-13-5-3-12(21)4-6-13/h2-8H,9-10H2,1H3,(H,24,28)(H3,22,23,25,26,27). The topological polar surface area (TPSA) is 106 Å². The van der Waals surface area contributed by atoms with Crippen molar-refractivity contribution in [1.82, 2.24) is 15.0 Å². The third kappa shape index (κ3) is 6.40. The third-order valence-electron chi connectivity index (χ3n) is 3.66. The van der Waals surface area contributed by atoms with E-state index in [1.807, 2.05) is 25.1 Å². The minimum absolute atomic E-state index is 0.0632. The fourth-order valence-corrected chi connectivity index (χ4v) is 3.63. The van der Waals surface area contributed by atoms with Crippen LogP contribution in [0.1, 0.15) is 11.4 Å². The molecule has 4 N–H and O–H groups in total. The Hall–Kier alpha value is -2.72. The van der Waals surface area contributed by atoms with Crippen molar-refractivity contribution in [2.45, 2.75) is 12.7 Å². The summed E-state index contributed by atoms with van der Waals surface area (Å²) in [5.41, 5.74) is 8.19. The first-order valence-electron chi connectivity index (χ1n) is 8.56. The van der Waals surface area contributed by atoms with Crippen molar-refractivity contribution in [3.8, 4) is 0 Å². The van der Waals surface area contributed by atoms with Crippen LogP contribution in [-0.4, -0.2) is 26.6 Å². The highest BCUT2D eigenvalue weighted by Crippen LogP contribution is 2.23. The maximum atomic E-state index is 13.0. The molecule has 0 saturated heterocycles. The maximum absolute atomic E-state index is 13.0. The first-order chi connectivity index (χ1) is 13.9. The summed E-state index contributed by atoms with van der Waals surface area (Å²) in [6.45, 7) is 1.98. The molecule has 0 aliphatic carbocycles. The Kier molecular flexibility index (Phi) is 6.99. The van der Waals surface area contributed by atoms with Crippen LogP contribution < -0.4 is 16.4 Å². The number of nitrogens with two attached hydrogens (primary N) is 1. The summed E-state index contributed by atoms with van der Waals surface area (Å²) < 4.78 is 13.8. The fraction of sp³-hybridized carbons (Fsp3) is 0.158. The normalized spacial score (nSPS) is 10.6. The molecule has 0 aliphatic heterocycles. The van der Waals surface area contributed by atoms with Gasteiger partial charge in [-0.1, -0.05) is 6.07 Å². The number of nitrogen functional groups attached to an aromatic ring is 1. The number of thioether (sulfide) groups is 1. The van der Waals surface area contributed by atoms with Crippen LogP contribution in [0.3, 0.4) is 0 Å². The number of amides is 1. The third-order valence-corrected chi connectivity index (χ3v) is 5.25. The second-order valence-electron chi connectivity index (χ2n) is 6.09. The number of carbonyl (C=O) groups excluding carboxylic acids is 1. The highest BCUT2D eigenvalue weighted by molar-refractivity contribution is 9.10. The molecule has 0 spiro atoms. The zero-order valence-corrected chi connectivity index (χ0v) is 17.8. The van der Waals surface area contributed by atoms with Gasteiger partial charge in [0.2, 0.25) is 17.8 Å². The summed E-state index contributed by atoms with van der Waals surface area (Å²) in [7, 11) is 0. The number of hydrogen-bond acceptors (Lipinski definition) is 7. The second-order valence-corrected chi connectivity index (χ2v) is 7.93. The highest BCUT2D eigenvalue weighted by atomic mass is 79.9. The second kappa shape index (κ2) is 9.66. The molecular weight excluding hydrogens is 459 g/mol.